The van der Waals surface area contributed by atoms with E-state index in [1.165, 1.54) is 17.7 Å². The Balaban J connectivity index is 1.34. The number of likely N-dealkylation sites (tertiary alicyclic amines) is 1. The quantitative estimate of drug-likeness (QED) is 0.369. The lowest BCUT2D eigenvalue weighted by Gasteiger charge is -2.47. The predicted octanol–water partition coefficient (Wildman–Crippen LogP) is 5.04. The molecule has 0 radical (unpaired) electrons. The van der Waals surface area contributed by atoms with E-state index in [1.807, 2.05) is 13.0 Å². The van der Waals surface area contributed by atoms with E-state index in [2.05, 4.69) is 44.3 Å². The zero-order valence-corrected chi connectivity index (χ0v) is 23.5. The molecule has 0 spiro atoms. The van der Waals surface area contributed by atoms with Gasteiger partial charge in [0.25, 0.3) is 0 Å². The van der Waals surface area contributed by atoms with Crippen LogP contribution < -0.4 is 10.2 Å². The summed E-state index contributed by atoms with van der Waals surface area (Å²) >= 11 is 0. The first-order valence-corrected chi connectivity index (χ1v) is 14.6. The van der Waals surface area contributed by atoms with Crippen LogP contribution in [0.4, 0.5) is 18.9 Å². The van der Waals surface area contributed by atoms with Crippen molar-refractivity contribution in [1.29, 1.82) is 0 Å². The molecule has 40 heavy (non-hydrogen) atoms. The van der Waals surface area contributed by atoms with Crippen molar-refractivity contribution >= 4 is 11.6 Å². The number of carbonyl (C=O) groups excluding carboxylic acids is 1. The molecule has 6 nitrogen and oxygen atoms in total. The molecule has 0 aromatic heterocycles. The average molecular weight is 561 g/mol. The number of piperazine rings is 1. The third-order valence-corrected chi connectivity index (χ3v) is 8.08. The number of nitrogens with one attached hydrogen (secondary N) is 1. The Morgan fingerprint density at radius 2 is 1.80 bits per heavy atom. The lowest BCUT2D eigenvalue weighted by atomic mass is 9.86. The molecule has 9 heteroatoms. The van der Waals surface area contributed by atoms with Crippen molar-refractivity contribution in [2.75, 3.05) is 63.9 Å². The Morgan fingerprint density at radius 1 is 1.02 bits per heavy atom. The summed E-state index contributed by atoms with van der Waals surface area (Å²) in [4.78, 5) is 19.7. The number of carbonyl (C=O) groups is 1. The third-order valence-electron chi connectivity index (χ3n) is 8.08. The minimum atomic E-state index is -4.34. The molecule has 2 saturated heterocycles. The largest absolute Gasteiger partial charge is 0.416 e. The van der Waals surface area contributed by atoms with E-state index in [1.54, 1.807) is 6.07 Å². The summed E-state index contributed by atoms with van der Waals surface area (Å²) in [7, 11) is 0. The summed E-state index contributed by atoms with van der Waals surface area (Å²) in [6.45, 7) is 9.76. The third kappa shape index (κ3) is 8.94. The number of ether oxygens (including phenoxy) is 1. The Bertz CT molecular complexity index is 1040. The molecular formula is C31H43F3N4O2. The highest BCUT2D eigenvalue weighted by Gasteiger charge is 2.35. The van der Waals surface area contributed by atoms with Crippen LogP contribution in [0.1, 0.15) is 43.7 Å². The van der Waals surface area contributed by atoms with Gasteiger partial charge in [-0.15, -0.1) is 0 Å². The molecule has 4 rings (SSSR count). The number of halogens is 3. The van der Waals surface area contributed by atoms with Crippen LogP contribution in [-0.2, 0) is 22.3 Å². The molecule has 2 fully saturated rings. The fourth-order valence-electron chi connectivity index (χ4n) is 5.99. The lowest BCUT2D eigenvalue weighted by molar-refractivity contribution is -0.137. The molecule has 2 aromatic carbocycles. The Hall–Kier alpha value is -2.62. The maximum Gasteiger partial charge on any atom is 0.416 e. The van der Waals surface area contributed by atoms with E-state index in [0.29, 0.717) is 56.9 Å². The van der Waals surface area contributed by atoms with Crippen molar-refractivity contribution in [3.05, 3.63) is 65.7 Å². The summed E-state index contributed by atoms with van der Waals surface area (Å²) < 4.78 is 45.1. The zero-order chi connectivity index (χ0) is 28.4. The first-order valence-electron chi connectivity index (χ1n) is 14.6. The second-order valence-corrected chi connectivity index (χ2v) is 10.8. The summed E-state index contributed by atoms with van der Waals surface area (Å²) in [6, 6.07) is 16.5. The molecule has 2 heterocycles. The van der Waals surface area contributed by atoms with Crippen molar-refractivity contribution in [3.8, 4) is 0 Å². The second kappa shape index (κ2) is 14.8. The van der Waals surface area contributed by atoms with Crippen molar-refractivity contribution < 1.29 is 22.7 Å². The van der Waals surface area contributed by atoms with Gasteiger partial charge in [0.1, 0.15) is 0 Å². The fraction of sp³-hybridized carbons (Fsp3) is 0.581. The normalized spacial score (nSPS) is 20.9. The van der Waals surface area contributed by atoms with Crippen LogP contribution in [0.15, 0.2) is 54.6 Å². The lowest BCUT2D eigenvalue weighted by Crippen LogP contribution is -2.56. The molecule has 0 bridgehead atoms. The molecule has 1 amide bonds. The van der Waals surface area contributed by atoms with Crippen LogP contribution in [0.2, 0.25) is 0 Å². The standard InChI is InChI=1S/C31H43F3N4O2/c1-2-40-21-7-15-35-30(39)13-12-26-24-36(23-25-8-4-3-5-9-25)16-14-29(26)38-19-17-37(18-20-38)28-11-6-10-27(22-28)31(32,33)34/h3-6,8-11,22,26,29H,2,7,12-21,23-24H2,1H3,(H,35,39)/t26-,29+/m0/s1. The minimum Gasteiger partial charge on any atom is -0.382 e. The van der Waals surface area contributed by atoms with Crippen LogP contribution >= 0.6 is 0 Å². The molecular weight excluding hydrogens is 517 g/mol. The average Bonchev–Trinajstić information content (AvgIpc) is 2.96. The van der Waals surface area contributed by atoms with Gasteiger partial charge in [-0.1, -0.05) is 36.4 Å². The van der Waals surface area contributed by atoms with Gasteiger partial charge in [-0.3, -0.25) is 14.6 Å². The van der Waals surface area contributed by atoms with Crippen molar-refractivity contribution in [2.45, 2.75) is 51.4 Å². The number of amides is 1. The summed E-state index contributed by atoms with van der Waals surface area (Å²) in [5.74, 6) is 0.441. The molecule has 0 unspecified atom stereocenters. The van der Waals surface area contributed by atoms with Crippen LogP contribution in [-0.4, -0.2) is 80.8 Å². The SMILES string of the molecule is CCOCCCNC(=O)CC[C@H]1CN(Cc2ccccc2)CC[C@H]1N1CCN(c2cccc(C(F)(F)F)c2)CC1. The van der Waals surface area contributed by atoms with E-state index < -0.39 is 11.7 Å². The maximum atomic E-state index is 13.2. The number of alkyl halides is 3. The van der Waals surface area contributed by atoms with Crippen LogP contribution in [0, 0.1) is 5.92 Å². The summed E-state index contributed by atoms with van der Waals surface area (Å²) in [6.07, 6.45) is -1.18. The predicted molar refractivity (Wildman–Crippen MR) is 152 cm³/mol. The number of benzene rings is 2. The molecule has 2 aliphatic heterocycles. The van der Waals surface area contributed by atoms with Gasteiger partial charge in [-0.2, -0.15) is 13.2 Å². The van der Waals surface area contributed by atoms with E-state index in [-0.39, 0.29) is 5.91 Å². The Morgan fingerprint density at radius 3 is 2.52 bits per heavy atom. The van der Waals surface area contributed by atoms with Gasteiger partial charge in [0.15, 0.2) is 0 Å². The second-order valence-electron chi connectivity index (χ2n) is 10.8. The number of piperidine rings is 1. The highest BCUT2D eigenvalue weighted by atomic mass is 19.4. The number of anilines is 1. The van der Waals surface area contributed by atoms with Gasteiger partial charge >= 0.3 is 6.18 Å². The van der Waals surface area contributed by atoms with Gasteiger partial charge in [0.05, 0.1) is 5.56 Å². The van der Waals surface area contributed by atoms with E-state index >= 15 is 0 Å². The molecule has 2 atom stereocenters. The van der Waals surface area contributed by atoms with Gasteiger partial charge in [0, 0.05) is 77.2 Å². The number of nitrogens with zero attached hydrogens (tertiary/aromatic N) is 3. The van der Waals surface area contributed by atoms with E-state index in [9.17, 15) is 18.0 Å². The molecule has 1 N–H and O–H groups in total. The Labute approximate surface area is 236 Å². The summed E-state index contributed by atoms with van der Waals surface area (Å²) in [5, 5.41) is 3.03. The van der Waals surface area contributed by atoms with Gasteiger partial charge in [-0.25, -0.2) is 0 Å². The molecule has 220 valence electrons. The molecule has 2 aliphatic rings. The Kier molecular flexibility index (Phi) is 11.3. The van der Waals surface area contributed by atoms with Gasteiger partial charge in [0.2, 0.25) is 5.91 Å². The summed E-state index contributed by atoms with van der Waals surface area (Å²) in [5.41, 5.74) is 1.32. The molecule has 2 aromatic rings. The first kappa shape index (κ1) is 30.3. The van der Waals surface area contributed by atoms with Crippen molar-refractivity contribution in [3.63, 3.8) is 0 Å². The van der Waals surface area contributed by atoms with Crippen molar-refractivity contribution in [1.82, 2.24) is 15.1 Å². The molecule has 0 saturated carbocycles. The highest BCUT2D eigenvalue weighted by molar-refractivity contribution is 5.75. The van der Waals surface area contributed by atoms with Crippen molar-refractivity contribution in [2.24, 2.45) is 5.92 Å². The van der Waals surface area contributed by atoms with Crippen LogP contribution in [0.25, 0.3) is 0 Å². The number of hydrogen-bond acceptors (Lipinski definition) is 5. The van der Waals surface area contributed by atoms with E-state index in [0.717, 1.165) is 58.1 Å². The molecule has 0 aliphatic carbocycles. The van der Waals surface area contributed by atoms with Crippen LogP contribution in [0.3, 0.4) is 0 Å². The van der Waals surface area contributed by atoms with E-state index in [4.69, 9.17) is 4.74 Å². The topological polar surface area (TPSA) is 48.1 Å². The zero-order valence-electron chi connectivity index (χ0n) is 23.5. The maximum absolute atomic E-state index is 13.2. The van der Waals surface area contributed by atoms with Gasteiger partial charge in [-0.05, 0) is 62.4 Å². The number of rotatable bonds is 12. The first-order chi connectivity index (χ1) is 19.3. The number of hydrogen-bond donors (Lipinski definition) is 1. The monoisotopic (exact) mass is 560 g/mol. The fourth-order valence-corrected chi connectivity index (χ4v) is 5.99. The minimum absolute atomic E-state index is 0.0878. The smallest absolute Gasteiger partial charge is 0.382 e. The highest BCUT2D eigenvalue weighted by Crippen LogP contribution is 2.33. The van der Waals surface area contributed by atoms with Crippen LogP contribution in [0.5, 0.6) is 0 Å². The van der Waals surface area contributed by atoms with Gasteiger partial charge < -0.3 is 15.0 Å².